The van der Waals surface area contributed by atoms with E-state index < -0.39 is 18.1 Å². The van der Waals surface area contributed by atoms with Crippen LogP contribution in [0.1, 0.15) is 45.6 Å². The third-order valence-corrected chi connectivity index (χ3v) is 6.21. The van der Waals surface area contributed by atoms with Gasteiger partial charge in [-0.3, -0.25) is 4.79 Å². The number of hydrogen-bond donors (Lipinski definition) is 1. The van der Waals surface area contributed by atoms with Gasteiger partial charge < -0.3 is 15.0 Å². The van der Waals surface area contributed by atoms with Gasteiger partial charge in [0, 0.05) is 18.7 Å². The molecule has 0 saturated carbocycles. The summed E-state index contributed by atoms with van der Waals surface area (Å²) in [6.45, 7) is 2.74. The molecule has 1 aliphatic rings. The predicted molar refractivity (Wildman–Crippen MR) is 124 cm³/mol. The summed E-state index contributed by atoms with van der Waals surface area (Å²) in [4.78, 5) is 27.2. The summed E-state index contributed by atoms with van der Waals surface area (Å²) >= 11 is 0. The highest BCUT2D eigenvalue weighted by atomic mass is 19.1. The monoisotopic (exact) mass is 446 g/mol. The highest BCUT2D eigenvalue weighted by Crippen LogP contribution is 2.27. The Morgan fingerprint density at radius 3 is 2.39 bits per heavy atom. The second-order valence-electron chi connectivity index (χ2n) is 8.26. The van der Waals surface area contributed by atoms with Crippen molar-refractivity contribution in [3.8, 4) is 0 Å². The minimum atomic E-state index is -0.474. The summed E-state index contributed by atoms with van der Waals surface area (Å²) in [5.74, 6) is -0.845. The maximum Gasteiger partial charge on any atom is 0.337 e. The molecule has 5 nitrogen and oxygen atoms in total. The number of carbonyl (C=O) groups is 2. The van der Waals surface area contributed by atoms with Crippen molar-refractivity contribution in [2.24, 2.45) is 0 Å². The van der Waals surface area contributed by atoms with E-state index in [2.05, 4.69) is 11.4 Å². The summed E-state index contributed by atoms with van der Waals surface area (Å²) in [5.41, 5.74) is 4.08. The molecule has 0 saturated heterocycles. The average Bonchev–Trinajstić information content (AvgIpc) is 2.86. The third kappa shape index (κ3) is 4.96. The van der Waals surface area contributed by atoms with Crippen molar-refractivity contribution in [2.45, 2.75) is 38.5 Å². The summed E-state index contributed by atoms with van der Waals surface area (Å²) < 4.78 is 19.4. The van der Waals surface area contributed by atoms with E-state index in [1.54, 1.807) is 47.4 Å². The highest BCUT2D eigenvalue weighted by molar-refractivity contribution is 5.89. The fourth-order valence-electron chi connectivity index (χ4n) is 4.28. The maximum atomic E-state index is 14.6. The van der Waals surface area contributed by atoms with E-state index in [0.717, 1.165) is 11.1 Å². The zero-order chi connectivity index (χ0) is 23.4. The summed E-state index contributed by atoms with van der Waals surface area (Å²) in [6, 6.07) is 20.7. The smallest absolute Gasteiger partial charge is 0.337 e. The van der Waals surface area contributed by atoms with Crippen LogP contribution in [0.5, 0.6) is 0 Å². The summed E-state index contributed by atoms with van der Waals surface area (Å²) in [7, 11) is 1.34. The van der Waals surface area contributed by atoms with Crippen molar-refractivity contribution in [3.63, 3.8) is 0 Å². The Morgan fingerprint density at radius 2 is 1.70 bits per heavy atom. The van der Waals surface area contributed by atoms with E-state index in [1.807, 2.05) is 25.1 Å². The molecule has 3 aromatic carbocycles. The molecule has 1 aliphatic heterocycles. The molecule has 0 fully saturated rings. The Morgan fingerprint density at radius 1 is 1.03 bits per heavy atom. The molecule has 0 bridgehead atoms. The molecule has 0 aromatic heterocycles. The lowest BCUT2D eigenvalue weighted by atomic mass is 9.94. The SMILES string of the molecule is COC(=O)c1ccc(CN(C(=O)C2Cc3ccccc3CN2)C(C)c2ccccc2F)cc1. The number of methoxy groups -OCH3 is 1. The summed E-state index contributed by atoms with van der Waals surface area (Å²) in [5, 5.41) is 3.35. The van der Waals surface area contributed by atoms with Gasteiger partial charge >= 0.3 is 5.97 Å². The molecule has 0 spiro atoms. The summed E-state index contributed by atoms with van der Waals surface area (Å²) in [6.07, 6.45) is 0.580. The lowest BCUT2D eigenvalue weighted by Gasteiger charge is -2.35. The van der Waals surface area contributed by atoms with E-state index >= 15 is 0 Å². The molecule has 170 valence electrons. The van der Waals surface area contributed by atoms with Crippen molar-refractivity contribution < 1.29 is 18.7 Å². The minimum absolute atomic E-state index is 0.0858. The van der Waals surface area contributed by atoms with Gasteiger partial charge in [0.1, 0.15) is 5.82 Å². The van der Waals surface area contributed by atoms with E-state index in [4.69, 9.17) is 4.74 Å². The lowest BCUT2D eigenvalue weighted by molar-refractivity contribution is -0.136. The van der Waals surface area contributed by atoms with E-state index in [1.165, 1.54) is 18.7 Å². The van der Waals surface area contributed by atoms with Gasteiger partial charge in [-0.25, -0.2) is 9.18 Å². The van der Waals surface area contributed by atoms with Crippen LogP contribution in [0.4, 0.5) is 4.39 Å². The van der Waals surface area contributed by atoms with E-state index in [9.17, 15) is 14.0 Å². The number of benzene rings is 3. The molecule has 0 aliphatic carbocycles. The van der Waals surface area contributed by atoms with Gasteiger partial charge in [-0.05, 0) is 48.2 Å². The number of rotatable bonds is 6. The molecule has 2 atom stereocenters. The van der Waals surface area contributed by atoms with Crippen LogP contribution in [0, 0.1) is 5.82 Å². The van der Waals surface area contributed by atoms with Gasteiger partial charge in [0.05, 0.1) is 24.8 Å². The first-order valence-corrected chi connectivity index (χ1v) is 11.0. The van der Waals surface area contributed by atoms with Crippen molar-refractivity contribution in [2.75, 3.05) is 7.11 Å². The number of esters is 1. The molecule has 1 N–H and O–H groups in total. The van der Waals surface area contributed by atoms with Crippen LogP contribution in [0.15, 0.2) is 72.8 Å². The van der Waals surface area contributed by atoms with Gasteiger partial charge in [0.15, 0.2) is 0 Å². The molecular weight excluding hydrogens is 419 g/mol. The molecule has 0 radical (unpaired) electrons. The first kappa shape index (κ1) is 22.7. The molecule has 4 rings (SSSR count). The minimum Gasteiger partial charge on any atom is -0.465 e. The Hall–Kier alpha value is -3.51. The Balaban J connectivity index is 1.62. The number of carbonyl (C=O) groups excluding carboxylic acids is 2. The molecule has 3 aromatic rings. The first-order valence-electron chi connectivity index (χ1n) is 11.0. The predicted octanol–water partition coefficient (Wildman–Crippen LogP) is 4.42. The molecule has 33 heavy (non-hydrogen) atoms. The number of amides is 1. The zero-order valence-corrected chi connectivity index (χ0v) is 18.8. The van der Waals surface area contributed by atoms with Crippen LogP contribution in [0.2, 0.25) is 0 Å². The maximum absolute atomic E-state index is 14.6. The number of nitrogens with zero attached hydrogens (tertiary/aromatic N) is 1. The van der Waals surface area contributed by atoms with Crippen molar-refractivity contribution in [3.05, 3.63) is 106 Å². The fourth-order valence-corrected chi connectivity index (χ4v) is 4.28. The largest absolute Gasteiger partial charge is 0.465 e. The quantitative estimate of drug-likeness (QED) is 0.570. The standard InChI is InChI=1S/C27H27FN2O3/c1-18(23-9-5-6-10-24(23)28)30(17-19-11-13-20(14-12-19)27(32)33-2)26(31)25-15-21-7-3-4-8-22(21)16-29-25/h3-14,18,25,29H,15-17H2,1-2H3. The average molecular weight is 447 g/mol. The Kier molecular flexibility index (Phi) is 6.84. The number of fused-ring (bicyclic) bond motifs is 1. The van der Waals surface area contributed by atoms with Crippen LogP contribution < -0.4 is 5.32 Å². The van der Waals surface area contributed by atoms with E-state index in [0.29, 0.717) is 24.1 Å². The number of ether oxygens (including phenoxy) is 1. The lowest BCUT2D eigenvalue weighted by Crippen LogP contribution is -2.50. The van der Waals surface area contributed by atoms with Crippen LogP contribution in [0.25, 0.3) is 0 Å². The molecule has 6 heteroatoms. The second-order valence-corrected chi connectivity index (χ2v) is 8.26. The van der Waals surface area contributed by atoms with Crippen molar-refractivity contribution in [1.29, 1.82) is 0 Å². The van der Waals surface area contributed by atoms with Crippen molar-refractivity contribution >= 4 is 11.9 Å². The van der Waals surface area contributed by atoms with Crippen LogP contribution in [-0.2, 0) is 29.0 Å². The number of nitrogens with one attached hydrogen (secondary N) is 1. The normalized spacial score (nSPS) is 15.9. The molecule has 1 amide bonds. The zero-order valence-electron chi connectivity index (χ0n) is 18.8. The van der Waals surface area contributed by atoms with Crippen LogP contribution in [0.3, 0.4) is 0 Å². The van der Waals surface area contributed by atoms with Gasteiger partial charge in [-0.15, -0.1) is 0 Å². The number of hydrogen-bond acceptors (Lipinski definition) is 4. The highest BCUT2D eigenvalue weighted by Gasteiger charge is 2.32. The van der Waals surface area contributed by atoms with Gasteiger partial charge in [0.2, 0.25) is 5.91 Å². The van der Waals surface area contributed by atoms with Crippen LogP contribution in [-0.4, -0.2) is 29.9 Å². The van der Waals surface area contributed by atoms with Gasteiger partial charge in [-0.1, -0.05) is 54.6 Å². The third-order valence-electron chi connectivity index (χ3n) is 6.21. The second kappa shape index (κ2) is 9.96. The molecule has 2 unspecified atom stereocenters. The van der Waals surface area contributed by atoms with E-state index in [-0.39, 0.29) is 18.3 Å². The number of halogens is 1. The topological polar surface area (TPSA) is 58.6 Å². The van der Waals surface area contributed by atoms with Gasteiger partial charge in [0.25, 0.3) is 0 Å². The Bertz CT molecular complexity index is 1150. The van der Waals surface area contributed by atoms with Crippen LogP contribution >= 0.6 is 0 Å². The first-order chi connectivity index (χ1) is 16.0. The fraction of sp³-hybridized carbons (Fsp3) is 0.259. The molecular formula is C27H27FN2O3. The van der Waals surface area contributed by atoms with Crippen molar-refractivity contribution in [1.82, 2.24) is 10.2 Å². The van der Waals surface area contributed by atoms with Gasteiger partial charge in [-0.2, -0.15) is 0 Å². The Labute approximate surface area is 193 Å². The molecule has 1 heterocycles.